The first-order valence-electron chi connectivity index (χ1n) is 11.3. The number of benzene rings is 1. The molecule has 2 rings (SSSR count). The molecule has 0 aliphatic heterocycles. The highest BCUT2D eigenvalue weighted by Gasteiger charge is 2.40. The van der Waals surface area contributed by atoms with Crippen LogP contribution in [0.5, 0.6) is 5.75 Å². The summed E-state index contributed by atoms with van der Waals surface area (Å²) in [6, 6.07) is 6.90. The molecule has 0 saturated carbocycles. The number of hydrogen-bond acceptors (Lipinski definition) is 5. The smallest absolute Gasteiger partial charge is 0.247 e. The van der Waals surface area contributed by atoms with Crippen molar-refractivity contribution in [2.45, 2.75) is 64.7 Å². The average molecular weight is 558 g/mol. The number of aliphatic hydroxyl groups is 2. The van der Waals surface area contributed by atoms with Crippen LogP contribution < -0.4 is 10.1 Å². The summed E-state index contributed by atoms with van der Waals surface area (Å²) in [4.78, 5) is 27.4. The Morgan fingerprint density at radius 1 is 1.31 bits per heavy atom. The van der Waals surface area contributed by atoms with E-state index in [1.165, 1.54) is 0 Å². The number of carbonyl (C=O) groups is 2. The van der Waals surface area contributed by atoms with E-state index in [0.717, 1.165) is 9.99 Å². The van der Waals surface area contributed by atoms with E-state index >= 15 is 0 Å². The molecule has 1 aromatic carbocycles. The zero-order valence-electron chi connectivity index (χ0n) is 19.1. The van der Waals surface area contributed by atoms with Crippen LogP contribution in [0.3, 0.4) is 0 Å². The summed E-state index contributed by atoms with van der Waals surface area (Å²) < 4.78 is 7.01. The third-order valence-corrected chi connectivity index (χ3v) is 6.34. The fourth-order valence-corrected chi connectivity index (χ4v) is 4.21. The van der Waals surface area contributed by atoms with Crippen molar-refractivity contribution in [2.75, 3.05) is 19.7 Å². The zero-order chi connectivity index (χ0) is 23.7. The molecule has 3 atom stereocenters. The lowest BCUT2D eigenvalue weighted by Crippen LogP contribution is -2.55. The van der Waals surface area contributed by atoms with Crippen LogP contribution in [0.2, 0.25) is 0 Å². The molecule has 0 heterocycles. The summed E-state index contributed by atoms with van der Waals surface area (Å²) in [5, 5.41) is 23.0. The number of para-hydroxylation sites is 1. The van der Waals surface area contributed by atoms with E-state index in [1.54, 1.807) is 11.0 Å². The van der Waals surface area contributed by atoms with Crippen molar-refractivity contribution < 1.29 is 24.5 Å². The fraction of sp³-hybridized carbons (Fsp3) is 0.583. The van der Waals surface area contributed by atoms with Crippen LogP contribution in [0.1, 0.15) is 46.5 Å². The van der Waals surface area contributed by atoms with E-state index in [4.69, 9.17) is 9.84 Å². The molecular formula is C24H35IN2O5. The van der Waals surface area contributed by atoms with Crippen molar-refractivity contribution in [2.24, 2.45) is 5.92 Å². The van der Waals surface area contributed by atoms with Crippen LogP contribution in [0.4, 0.5) is 0 Å². The van der Waals surface area contributed by atoms with Gasteiger partial charge in [0.25, 0.3) is 0 Å². The van der Waals surface area contributed by atoms with Gasteiger partial charge < -0.3 is 25.2 Å². The van der Waals surface area contributed by atoms with Crippen molar-refractivity contribution in [1.29, 1.82) is 0 Å². The second-order valence-electron chi connectivity index (χ2n) is 8.47. The molecule has 7 nitrogen and oxygen atoms in total. The van der Waals surface area contributed by atoms with Crippen LogP contribution in [0.15, 0.2) is 35.9 Å². The van der Waals surface area contributed by atoms with Crippen molar-refractivity contribution >= 4 is 34.4 Å². The van der Waals surface area contributed by atoms with Crippen molar-refractivity contribution in [3.63, 3.8) is 0 Å². The monoisotopic (exact) mass is 558 g/mol. The number of amides is 2. The molecule has 0 bridgehead atoms. The summed E-state index contributed by atoms with van der Waals surface area (Å²) in [6.07, 6.45) is 2.01. The number of hydrogen-bond donors (Lipinski definition) is 3. The number of ether oxygens (including phenoxy) is 1. The second kappa shape index (κ2) is 13.2. The molecule has 0 unspecified atom stereocenters. The highest BCUT2D eigenvalue weighted by atomic mass is 127. The average Bonchev–Trinajstić information content (AvgIpc) is 2.75. The predicted molar refractivity (Wildman–Crippen MR) is 132 cm³/mol. The van der Waals surface area contributed by atoms with Crippen LogP contribution in [0, 0.1) is 9.49 Å². The second-order valence-corrected chi connectivity index (χ2v) is 9.63. The third-order valence-electron chi connectivity index (χ3n) is 5.45. The Labute approximate surface area is 204 Å². The molecule has 32 heavy (non-hydrogen) atoms. The van der Waals surface area contributed by atoms with Gasteiger partial charge in [0.2, 0.25) is 11.8 Å². The molecule has 0 spiro atoms. The number of halogens is 1. The van der Waals surface area contributed by atoms with E-state index in [-0.39, 0.29) is 31.4 Å². The number of rotatable bonds is 11. The molecule has 0 saturated heterocycles. The molecular weight excluding hydrogens is 523 g/mol. The summed E-state index contributed by atoms with van der Waals surface area (Å²) in [7, 11) is 0. The van der Waals surface area contributed by atoms with Gasteiger partial charge in [0.05, 0.1) is 16.2 Å². The van der Waals surface area contributed by atoms with Gasteiger partial charge in [0.1, 0.15) is 18.0 Å². The number of aliphatic hydroxyl groups excluding tert-OH is 2. The summed E-state index contributed by atoms with van der Waals surface area (Å²) in [6.45, 7) is 6.62. The van der Waals surface area contributed by atoms with Gasteiger partial charge in [0.15, 0.2) is 0 Å². The first-order chi connectivity index (χ1) is 15.3. The number of nitrogens with zero attached hydrogens (tertiary/aromatic N) is 1. The lowest BCUT2D eigenvalue weighted by Gasteiger charge is -2.41. The largest absolute Gasteiger partial charge is 0.482 e. The van der Waals surface area contributed by atoms with Crippen LogP contribution >= 0.6 is 22.6 Å². The van der Waals surface area contributed by atoms with Gasteiger partial charge in [-0.25, -0.2) is 0 Å². The first kappa shape index (κ1) is 26.6. The third kappa shape index (κ3) is 7.45. The maximum absolute atomic E-state index is 13.0. The van der Waals surface area contributed by atoms with Gasteiger partial charge in [-0.1, -0.05) is 32.9 Å². The molecule has 1 aliphatic carbocycles. The van der Waals surface area contributed by atoms with Crippen molar-refractivity contribution in [1.82, 2.24) is 10.2 Å². The van der Waals surface area contributed by atoms with Crippen molar-refractivity contribution in [3.05, 3.63) is 39.5 Å². The molecule has 8 heteroatoms. The SMILES string of the molecule is CCCC(=O)N(CCC(C)C)[C@@H]1CC(C(=O)NCCO)=C[C@H](Oc2ccccc2I)[C@H]1O. The van der Waals surface area contributed by atoms with Gasteiger partial charge in [-0.15, -0.1) is 0 Å². The molecule has 178 valence electrons. The van der Waals surface area contributed by atoms with E-state index in [2.05, 4.69) is 41.8 Å². The molecule has 1 aliphatic rings. The lowest BCUT2D eigenvalue weighted by molar-refractivity contribution is -0.138. The normalized spacial score (nSPS) is 20.6. The molecule has 1 aromatic rings. The van der Waals surface area contributed by atoms with E-state index in [9.17, 15) is 14.7 Å². The maximum atomic E-state index is 13.0. The Hall–Kier alpha value is -1.65. The van der Waals surface area contributed by atoms with E-state index < -0.39 is 18.2 Å². The minimum absolute atomic E-state index is 0.0257. The summed E-state index contributed by atoms with van der Waals surface area (Å²) in [5.41, 5.74) is 0.448. The Kier molecular flexibility index (Phi) is 10.9. The highest BCUT2D eigenvalue weighted by Crippen LogP contribution is 2.30. The predicted octanol–water partition coefficient (Wildman–Crippen LogP) is 2.88. The van der Waals surface area contributed by atoms with Crippen LogP contribution in [0.25, 0.3) is 0 Å². The standard InChI is InChI=1S/C24H35IN2O5/c1-4-7-22(29)27(12-10-16(2)3)19-14-17(24(31)26-11-13-28)15-21(23(19)30)32-20-9-6-5-8-18(20)25/h5-6,8-9,15-16,19,21,23,28,30H,4,7,10-14H2,1-3H3,(H,26,31)/t19-,21+,23+/m1/s1. The van der Waals surface area contributed by atoms with Gasteiger partial charge in [-0.3, -0.25) is 9.59 Å². The maximum Gasteiger partial charge on any atom is 0.247 e. The Balaban J connectivity index is 2.37. The minimum Gasteiger partial charge on any atom is -0.482 e. The van der Waals surface area contributed by atoms with Crippen LogP contribution in [-0.4, -0.2) is 64.9 Å². The number of nitrogens with one attached hydrogen (secondary N) is 1. The zero-order valence-corrected chi connectivity index (χ0v) is 21.2. The van der Waals surface area contributed by atoms with Gasteiger partial charge in [-0.05, 0) is 59.6 Å². The van der Waals surface area contributed by atoms with Gasteiger partial charge in [-0.2, -0.15) is 0 Å². The molecule has 0 fully saturated rings. The quantitative estimate of drug-likeness (QED) is 0.363. The first-order valence-corrected chi connectivity index (χ1v) is 12.3. The molecule has 0 aromatic heterocycles. The fourth-order valence-electron chi connectivity index (χ4n) is 3.70. The van der Waals surface area contributed by atoms with Crippen molar-refractivity contribution in [3.8, 4) is 5.75 Å². The number of carbonyl (C=O) groups excluding carboxylic acids is 2. The van der Waals surface area contributed by atoms with Crippen LogP contribution in [-0.2, 0) is 9.59 Å². The summed E-state index contributed by atoms with van der Waals surface area (Å²) in [5.74, 6) is 0.660. The Morgan fingerprint density at radius 2 is 2.03 bits per heavy atom. The molecule has 3 N–H and O–H groups in total. The summed E-state index contributed by atoms with van der Waals surface area (Å²) >= 11 is 2.16. The van der Waals surface area contributed by atoms with E-state index in [0.29, 0.717) is 36.6 Å². The molecule has 2 amide bonds. The van der Waals surface area contributed by atoms with Gasteiger partial charge >= 0.3 is 0 Å². The van der Waals surface area contributed by atoms with Gasteiger partial charge in [0, 0.05) is 31.5 Å². The molecule has 0 radical (unpaired) electrons. The lowest BCUT2D eigenvalue weighted by atomic mass is 9.87. The van der Waals surface area contributed by atoms with E-state index in [1.807, 2.05) is 31.2 Å². The Bertz CT molecular complexity index is 798. The Morgan fingerprint density at radius 3 is 2.66 bits per heavy atom. The highest BCUT2D eigenvalue weighted by molar-refractivity contribution is 14.1. The minimum atomic E-state index is -0.978. The topological polar surface area (TPSA) is 99.1 Å².